The van der Waals surface area contributed by atoms with Crippen LogP contribution in [-0.2, 0) is 4.79 Å². The summed E-state index contributed by atoms with van der Waals surface area (Å²) in [7, 11) is 0. The van der Waals surface area contributed by atoms with Gasteiger partial charge in [-0.15, -0.1) is 0 Å². The van der Waals surface area contributed by atoms with E-state index in [1.54, 1.807) is 0 Å². The molecule has 1 aliphatic heterocycles. The van der Waals surface area contributed by atoms with E-state index in [0.29, 0.717) is 0 Å². The maximum Gasteiger partial charge on any atom is 0.196 e. The average molecular weight is 304 g/mol. The summed E-state index contributed by atoms with van der Waals surface area (Å²) in [4.78, 5) is 14.3. The van der Waals surface area contributed by atoms with E-state index >= 15 is 0 Å². The zero-order chi connectivity index (χ0) is 16.1. The number of hydrogen-bond acceptors (Lipinski definition) is 1. The number of Topliss-reactive ketones (excluding diaryl/α,β-unsaturated/α-hetero) is 1. The molecule has 3 rings (SSSR count). The summed E-state index contributed by atoms with van der Waals surface area (Å²) in [6.45, 7) is 4.80. The Balaban J connectivity index is 1.94. The number of likely N-dealkylation sites (tertiary alicyclic amines) is 1. The number of quaternary nitrogens is 1. The van der Waals surface area contributed by atoms with Crippen LogP contribution in [0.4, 0.5) is 0 Å². The molecule has 1 aliphatic rings. The molecule has 0 atom stereocenters. The Kier molecular flexibility index (Phi) is 4.84. The van der Waals surface area contributed by atoms with Gasteiger partial charge in [-0.05, 0) is 30.2 Å². The molecule has 1 N–H and O–H groups in total. The van der Waals surface area contributed by atoms with Crippen LogP contribution in [0, 0.1) is 0 Å². The van der Waals surface area contributed by atoms with Crippen molar-refractivity contribution in [1.29, 1.82) is 0 Å². The zero-order valence-electron chi connectivity index (χ0n) is 13.5. The van der Waals surface area contributed by atoms with Crippen molar-refractivity contribution in [3.8, 4) is 0 Å². The minimum absolute atomic E-state index is 0.190. The Bertz CT molecular complexity index is 667. The van der Waals surface area contributed by atoms with Gasteiger partial charge in [-0.3, -0.25) is 4.79 Å². The molecule has 0 amide bonds. The van der Waals surface area contributed by atoms with Crippen molar-refractivity contribution in [1.82, 2.24) is 0 Å². The van der Waals surface area contributed by atoms with E-state index in [2.05, 4.69) is 6.92 Å². The van der Waals surface area contributed by atoms with E-state index < -0.39 is 0 Å². The molecular weight excluding hydrogens is 282 g/mol. The molecule has 2 aromatic rings. The predicted molar refractivity (Wildman–Crippen MR) is 95.1 cm³/mol. The van der Waals surface area contributed by atoms with E-state index in [-0.39, 0.29) is 5.78 Å². The predicted octanol–water partition coefficient (Wildman–Crippen LogP) is 2.64. The van der Waals surface area contributed by atoms with Crippen LogP contribution in [-0.4, -0.2) is 25.4 Å². The van der Waals surface area contributed by atoms with Gasteiger partial charge in [0.25, 0.3) is 0 Å². The van der Waals surface area contributed by atoms with Crippen LogP contribution in [0.15, 0.2) is 71.8 Å². The lowest BCUT2D eigenvalue weighted by atomic mass is 9.94. The van der Waals surface area contributed by atoms with Crippen LogP contribution in [0.5, 0.6) is 0 Å². The lowest BCUT2D eigenvalue weighted by Gasteiger charge is -2.25. The van der Waals surface area contributed by atoms with Gasteiger partial charge in [0, 0.05) is 0 Å². The van der Waals surface area contributed by atoms with Gasteiger partial charge in [0.2, 0.25) is 0 Å². The topological polar surface area (TPSA) is 21.5 Å². The molecule has 1 fully saturated rings. The van der Waals surface area contributed by atoms with Gasteiger partial charge in [-0.1, -0.05) is 60.7 Å². The van der Waals surface area contributed by atoms with Crippen molar-refractivity contribution < 1.29 is 9.69 Å². The lowest BCUT2D eigenvalue weighted by molar-refractivity contribution is -0.889. The van der Waals surface area contributed by atoms with Crippen LogP contribution in [0.3, 0.4) is 0 Å². The molecule has 0 unspecified atom stereocenters. The van der Waals surface area contributed by atoms with Gasteiger partial charge in [-0.2, -0.15) is 0 Å². The molecule has 116 valence electrons. The molecule has 0 bridgehead atoms. The number of likely N-dealkylation sites (N-methyl/N-ethyl adjacent to an activating group) is 1. The molecular formula is C21H22NO+. The Morgan fingerprint density at radius 2 is 1.26 bits per heavy atom. The molecule has 0 saturated carbocycles. The molecule has 23 heavy (non-hydrogen) atoms. The summed E-state index contributed by atoms with van der Waals surface area (Å²) >= 11 is 0. The molecule has 0 spiro atoms. The number of hydrogen-bond donors (Lipinski definition) is 1. The maximum atomic E-state index is 12.8. The molecule has 1 saturated heterocycles. The number of carbonyl (C=O) groups is 1. The molecule has 0 aromatic heterocycles. The third-order valence-electron chi connectivity index (χ3n) is 4.25. The molecule has 2 aromatic carbocycles. The van der Waals surface area contributed by atoms with E-state index in [1.165, 1.54) is 4.90 Å². The summed E-state index contributed by atoms with van der Waals surface area (Å²) < 4.78 is 0. The minimum atomic E-state index is 0.190. The summed E-state index contributed by atoms with van der Waals surface area (Å²) in [5.74, 6) is 0.190. The molecule has 0 radical (unpaired) electrons. The summed E-state index contributed by atoms with van der Waals surface area (Å²) in [5, 5.41) is 0. The van der Waals surface area contributed by atoms with Crippen molar-refractivity contribution in [2.75, 3.05) is 19.6 Å². The van der Waals surface area contributed by atoms with Crippen molar-refractivity contribution in [3.63, 3.8) is 0 Å². The Labute approximate surface area is 137 Å². The molecule has 0 aliphatic carbocycles. The number of ketones is 1. The first-order valence-electron chi connectivity index (χ1n) is 8.16. The van der Waals surface area contributed by atoms with E-state index in [4.69, 9.17) is 0 Å². The first-order chi connectivity index (χ1) is 11.3. The second-order valence-electron chi connectivity index (χ2n) is 5.95. The Morgan fingerprint density at radius 1 is 0.826 bits per heavy atom. The second kappa shape index (κ2) is 7.21. The first kappa shape index (κ1) is 15.4. The van der Waals surface area contributed by atoms with Gasteiger partial charge >= 0.3 is 0 Å². The van der Waals surface area contributed by atoms with Crippen LogP contribution in [0.1, 0.15) is 18.1 Å². The Morgan fingerprint density at radius 3 is 1.65 bits per heavy atom. The summed E-state index contributed by atoms with van der Waals surface area (Å²) in [6.07, 6.45) is 4.08. The third-order valence-corrected chi connectivity index (χ3v) is 4.25. The van der Waals surface area contributed by atoms with E-state index in [0.717, 1.165) is 41.9 Å². The Hall–Kier alpha value is -2.45. The van der Waals surface area contributed by atoms with Gasteiger partial charge in [0.15, 0.2) is 5.78 Å². The highest BCUT2D eigenvalue weighted by Crippen LogP contribution is 2.15. The number of benzene rings is 2. The third kappa shape index (κ3) is 3.85. The largest absolute Gasteiger partial charge is 0.327 e. The second-order valence-corrected chi connectivity index (χ2v) is 5.95. The van der Waals surface area contributed by atoms with E-state index in [1.807, 2.05) is 72.8 Å². The van der Waals surface area contributed by atoms with Crippen molar-refractivity contribution in [2.24, 2.45) is 0 Å². The molecule has 2 nitrogen and oxygen atoms in total. The van der Waals surface area contributed by atoms with Crippen molar-refractivity contribution in [3.05, 3.63) is 82.9 Å². The first-order valence-corrected chi connectivity index (χ1v) is 8.16. The van der Waals surface area contributed by atoms with E-state index in [9.17, 15) is 4.79 Å². The monoisotopic (exact) mass is 304 g/mol. The maximum absolute atomic E-state index is 12.8. The average Bonchev–Trinajstić information content (AvgIpc) is 2.60. The standard InChI is InChI=1S/C21H21NO/c1-2-22-15-19(13-17-9-5-3-6-10-17)21(23)20(16-22)14-18-11-7-4-8-12-18/h3-14H,2,15-16H2,1H3/p+1/b19-13-,20-14-. The quantitative estimate of drug-likeness (QED) is 0.865. The molecule has 2 heteroatoms. The number of piperidine rings is 1. The fourth-order valence-electron chi connectivity index (χ4n) is 2.95. The van der Waals surface area contributed by atoms with Crippen LogP contribution >= 0.6 is 0 Å². The fraction of sp³-hybridized carbons (Fsp3) is 0.190. The van der Waals surface area contributed by atoms with Gasteiger partial charge in [0.05, 0.1) is 17.7 Å². The normalized spacial score (nSPS) is 21.8. The van der Waals surface area contributed by atoms with Crippen molar-refractivity contribution >= 4 is 17.9 Å². The van der Waals surface area contributed by atoms with Gasteiger partial charge in [-0.25, -0.2) is 0 Å². The number of rotatable bonds is 3. The highest BCUT2D eigenvalue weighted by molar-refractivity contribution is 6.14. The zero-order valence-corrected chi connectivity index (χ0v) is 13.5. The summed E-state index contributed by atoms with van der Waals surface area (Å²) in [6, 6.07) is 20.2. The highest BCUT2D eigenvalue weighted by Gasteiger charge is 2.28. The van der Waals surface area contributed by atoms with Crippen LogP contribution < -0.4 is 4.90 Å². The molecule has 1 heterocycles. The summed E-state index contributed by atoms with van der Waals surface area (Å²) in [5.41, 5.74) is 3.99. The van der Waals surface area contributed by atoms with Crippen LogP contribution in [0.2, 0.25) is 0 Å². The van der Waals surface area contributed by atoms with Gasteiger partial charge in [0.1, 0.15) is 13.1 Å². The van der Waals surface area contributed by atoms with Gasteiger partial charge < -0.3 is 4.90 Å². The number of nitrogens with one attached hydrogen (secondary N) is 1. The SMILES string of the molecule is CC[NH+]1C/C(=C/c2ccccc2)C(=O)/C(=C\c2ccccc2)C1. The fourth-order valence-corrected chi connectivity index (χ4v) is 2.95. The number of carbonyl (C=O) groups excluding carboxylic acids is 1. The smallest absolute Gasteiger partial charge is 0.196 e. The lowest BCUT2D eigenvalue weighted by Crippen LogP contribution is -3.13. The minimum Gasteiger partial charge on any atom is -0.327 e. The highest BCUT2D eigenvalue weighted by atomic mass is 16.1. The van der Waals surface area contributed by atoms with Crippen LogP contribution in [0.25, 0.3) is 12.2 Å². The van der Waals surface area contributed by atoms with Crippen molar-refractivity contribution in [2.45, 2.75) is 6.92 Å².